The SMILES string of the molecule is OC(c1ccc(Br)c2cccnc12)(C(F)(F)F)C(F)(F)F. The van der Waals surface area contributed by atoms with Gasteiger partial charge in [-0.3, -0.25) is 4.98 Å². The van der Waals surface area contributed by atoms with Crippen molar-refractivity contribution < 1.29 is 31.4 Å². The van der Waals surface area contributed by atoms with Gasteiger partial charge in [0.15, 0.2) is 0 Å². The summed E-state index contributed by atoms with van der Waals surface area (Å²) in [7, 11) is 0. The standard InChI is InChI=1S/C12H6BrF6NO/c13-8-4-3-7(9-6(8)2-1-5-20-9)10(21,11(14,15)16)12(17,18)19/h1-5,21H. The van der Waals surface area contributed by atoms with E-state index in [4.69, 9.17) is 0 Å². The predicted octanol–water partition coefficient (Wildman–Crippen LogP) is 4.31. The highest BCUT2D eigenvalue weighted by Crippen LogP contribution is 2.51. The summed E-state index contributed by atoms with van der Waals surface area (Å²) in [5.74, 6) is 0. The van der Waals surface area contributed by atoms with Crippen molar-refractivity contribution in [3.05, 3.63) is 40.5 Å². The van der Waals surface area contributed by atoms with E-state index < -0.39 is 29.0 Å². The molecule has 2 nitrogen and oxygen atoms in total. The van der Waals surface area contributed by atoms with Crippen molar-refractivity contribution in [2.75, 3.05) is 0 Å². The van der Waals surface area contributed by atoms with Gasteiger partial charge in [-0.1, -0.05) is 28.1 Å². The van der Waals surface area contributed by atoms with Crippen molar-refractivity contribution in [1.82, 2.24) is 4.98 Å². The van der Waals surface area contributed by atoms with Crippen LogP contribution in [0.25, 0.3) is 10.9 Å². The minimum Gasteiger partial charge on any atom is -0.369 e. The van der Waals surface area contributed by atoms with E-state index in [0.717, 1.165) is 12.3 Å². The molecule has 114 valence electrons. The Morgan fingerprint density at radius 2 is 1.52 bits per heavy atom. The summed E-state index contributed by atoms with van der Waals surface area (Å²) in [6.45, 7) is 0. The Bertz CT molecular complexity index is 667. The Morgan fingerprint density at radius 3 is 2.05 bits per heavy atom. The summed E-state index contributed by atoms with van der Waals surface area (Å²) in [6.07, 6.45) is -10.8. The number of benzene rings is 1. The first-order chi connectivity index (χ1) is 9.50. The molecule has 1 aromatic heterocycles. The van der Waals surface area contributed by atoms with Gasteiger partial charge in [0.25, 0.3) is 5.60 Å². The lowest BCUT2D eigenvalue weighted by molar-refractivity contribution is -0.375. The lowest BCUT2D eigenvalue weighted by atomic mass is 9.90. The summed E-state index contributed by atoms with van der Waals surface area (Å²) < 4.78 is 77.7. The molecule has 0 aliphatic carbocycles. The number of aliphatic hydroxyl groups is 1. The molecule has 0 amide bonds. The van der Waals surface area contributed by atoms with Gasteiger partial charge in [-0.25, -0.2) is 0 Å². The van der Waals surface area contributed by atoms with E-state index in [0.29, 0.717) is 6.07 Å². The smallest absolute Gasteiger partial charge is 0.369 e. The Kier molecular flexibility index (Phi) is 3.69. The Labute approximate surface area is 122 Å². The van der Waals surface area contributed by atoms with E-state index >= 15 is 0 Å². The molecule has 1 heterocycles. The molecular formula is C12H6BrF6NO. The van der Waals surface area contributed by atoms with E-state index in [1.807, 2.05) is 0 Å². The Morgan fingerprint density at radius 1 is 0.952 bits per heavy atom. The number of rotatable bonds is 1. The number of aromatic nitrogens is 1. The summed E-state index contributed by atoms with van der Waals surface area (Å²) in [5, 5.41) is 9.47. The van der Waals surface area contributed by atoms with Crippen LogP contribution < -0.4 is 0 Å². The van der Waals surface area contributed by atoms with Crippen molar-refractivity contribution >= 4 is 26.8 Å². The maximum absolute atomic E-state index is 12.9. The molecule has 0 aliphatic heterocycles. The topological polar surface area (TPSA) is 33.1 Å². The molecule has 0 fully saturated rings. The van der Waals surface area contributed by atoms with Crippen LogP contribution >= 0.6 is 15.9 Å². The molecule has 2 rings (SSSR count). The van der Waals surface area contributed by atoms with E-state index in [1.165, 1.54) is 12.1 Å². The predicted molar refractivity (Wildman–Crippen MR) is 65.4 cm³/mol. The monoisotopic (exact) mass is 373 g/mol. The van der Waals surface area contributed by atoms with E-state index in [1.54, 1.807) is 0 Å². The van der Waals surface area contributed by atoms with Gasteiger partial charge in [0.1, 0.15) is 0 Å². The highest BCUT2D eigenvalue weighted by atomic mass is 79.9. The summed E-state index contributed by atoms with van der Waals surface area (Å²) >= 11 is 3.01. The van der Waals surface area contributed by atoms with Crippen LogP contribution in [0, 0.1) is 0 Å². The van der Waals surface area contributed by atoms with Gasteiger partial charge >= 0.3 is 12.4 Å². The molecule has 0 saturated heterocycles. The van der Waals surface area contributed by atoms with Crippen LogP contribution in [0.2, 0.25) is 0 Å². The highest BCUT2D eigenvalue weighted by molar-refractivity contribution is 9.10. The molecule has 0 aliphatic rings. The van der Waals surface area contributed by atoms with Crippen LogP contribution in [0.15, 0.2) is 34.9 Å². The molecule has 2 aromatic rings. The molecule has 9 heteroatoms. The Hall–Kier alpha value is -1.35. The Balaban J connectivity index is 2.89. The summed E-state index contributed by atoms with van der Waals surface area (Å²) in [6, 6.07) is 4.21. The van der Waals surface area contributed by atoms with Gasteiger partial charge in [0.2, 0.25) is 0 Å². The van der Waals surface area contributed by atoms with Crippen LogP contribution in [0.3, 0.4) is 0 Å². The molecular weight excluding hydrogens is 368 g/mol. The van der Waals surface area contributed by atoms with E-state index in [2.05, 4.69) is 20.9 Å². The van der Waals surface area contributed by atoms with Gasteiger partial charge in [-0.2, -0.15) is 26.3 Å². The molecule has 0 radical (unpaired) electrons. The number of hydrogen-bond acceptors (Lipinski definition) is 2. The second-order valence-electron chi connectivity index (χ2n) is 4.20. The number of nitrogens with zero attached hydrogens (tertiary/aromatic N) is 1. The zero-order valence-corrected chi connectivity index (χ0v) is 11.5. The number of alkyl halides is 6. The van der Waals surface area contributed by atoms with Crippen LogP contribution in [0.5, 0.6) is 0 Å². The fourth-order valence-electron chi connectivity index (χ4n) is 1.90. The van der Waals surface area contributed by atoms with Gasteiger partial charge in [-0.05, 0) is 12.1 Å². The fourth-order valence-corrected chi connectivity index (χ4v) is 2.35. The third-order valence-corrected chi connectivity index (χ3v) is 3.62. The van der Waals surface area contributed by atoms with Crippen LogP contribution in [0.4, 0.5) is 26.3 Å². The van der Waals surface area contributed by atoms with E-state index in [9.17, 15) is 31.4 Å². The molecule has 21 heavy (non-hydrogen) atoms. The minimum atomic E-state index is -5.94. The minimum absolute atomic E-state index is 0.0296. The van der Waals surface area contributed by atoms with Crippen molar-refractivity contribution in [3.63, 3.8) is 0 Å². The zero-order chi connectivity index (χ0) is 16.1. The first-order valence-electron chi connectivity index (χ1n) is 5.39. The maximum atomic E-state index is 12.9. The van der Waals surface area contributed by atoms with Crippen molar-refractivity contribution in [1.29, 1.82) is 0 Å². The number of pyridine rings is 1. The second kappa shape index (κ2) is 4.84. The number of fused-ring (bicyclic) bond motifs is 1. The van der Waals surface area contributed by atoms with Crippen molar-refractivity contribution in [3.8, 4) is 0 Å². The normalized spacial score (nSPS) is 13.7. The fraction of sp³-hybridized carbons (Fsp3) is 0.250. The number of hydrogen-bond donors (Lipinski definition) is 1. The molecule has 1 N–H and O–H groups in total. The van der Waals surface area contributed by atoms with Gasteiger partial charge in [-0.15, -0.1) is 0 Å². The maximum Gasteiger partial charge on any atom is 0.430 e. The molecule has 1 aromatic carbocycles. The lowest BCUT2D eigenvalue weighted by Gasteiger charge is -2.33. The van der Waals surface area contributed by atoms with Crippen LogP contribution in [-0.4, -0.2) is 22.4 Å². The highest BCUT2D eigenvalue weighted by Gasteiger charge is 2.72. The van der Waals surface area contributed by atoms with Crippen LogP contribution in [0.1, 0.15) is 5.56 Å². The molecule has 0 spiro atoms. The van der Waals surface area contributed by atoms with Crippen molar-refractivity contribution in [2.24, 2.45) is 0 Å². The van der Waals surface area contributed by atoms with Crippen molar-refractivity contribution in [2.45, 2.75) is 18.0 Å². The molecule has 0 atom stereocenters. The van der Waals surface area contributed by atoms with E-state index in [-0.39, 0.29) is 9.86 Å². The first kappa shape index (κ1) is 16.0. The third-order valence-electron chi connectivity index (χ3n) is 2.93. The summed E-state index contributed by atoms with van der Waals surface area (Å²) in [5.41, 5.74) is -6.93. The second-order valence-corrected chi connectivity index (χ2v) is 5.05. The largest absolute Gasteiger partial charge is 0.430 e. The number of halogens is 7. The third kappa shape index (κ3) is 2.38. The van der Waals surface area contributed by atoms with Gasteiger partial charge in [0, 0.05) is 21.6 Å². The first-order valence-corrected chi connectivity index (χ1v) is 6.19. The molecule has 0 saturated carbocycles. The zero-order valence-electron chi connectivity index (χ0n) is 9.93. The lowest BCUT2D eigenvalue weighted by Crippen LogP contribution is -2.54. The quantitative estimate of drug-likeness (QED) is 0.755. The van der Waals surface area contributed by atoms with Crippen LogP contribution in [-0.2, 0) is 5.60 Å². The van der Waals surface area contributed by atoms with Gasteiger partial charge < -0.3 is 5.11 Å². The molecule has 0 bridgehead atoms. The average molecular weight is 374 g/mol. The summed E-state index contributed by atoms with van der Waals surface area (Å²) in [4.78, 5) is 3.55. The molecule has 0 unspecified atom stereocenters. The van der Waals surface area contributed by atoms with Gasteiger partial charge in [0.05, 0.1) is 5.52 Å². The average Bonchev–Trinajstić information content (AvgIpc) is 2.36.